The molecule has 0 aliphatic rings. The molecule has 0 saturated carbocycles. The lowest BCUT2D eigenvalue weighted by Gasteiger charge is -2.01. The van der Waals surface area contributed by atoms with Crippen LogP contribution in [0.25, 0.3) is 0 Å². The Balaban J connectivity index is 3.35. The van der Waals surface area contributed by atoms with Gasteiger partial charge < -0.3 is 9.29 Å². The lowest BCUT2D eigenvalue weighted by Crippen LogP contribution is -2.11. The first-order valence-corrected chi connectivity index (χ1v) is 7.09. The first kappa shape index (κ1) is 16.9. The number of carboxylic acid groups (broad SMARTS) is 1. The lowest BCUT2D eigenvalue weighted by molar-refractivity contribution is -0.137. The molecule has 8 heteroatoms. The van der Waals surface area contributed by atoms with Crippen LogP contribution in [0, 0.1) is 0 Å². The Labute approximate surface area is 106 Å². The molecule has 0 aromatic rings. The van der Waals surface area contributed by atoms with Crippen LogP contribution >= 0.6 is 0 Å². The van der Waals surface area contributed by atoms with E-state index in [1.54, 1.807) is 0 Å². The zero-order valence-corrected chi connectivity index (χ0v) is 10.8. The van der Waals surface area contributed by atoms with E-state index in [1.165, 1.54) is 0 Å². The highest BCUT2D eigenvalue weighted by molar-refractivity contribution is 7.81. The molecule has 0 unspecified atom stereocenters. The molecular weight excluding hydrogens is 264 g/mol. The largest absolute Gasteiger partial charge is 0.481 e. The Morgan fingerprint density at radius 1 is 0.889 bits per heavy atom. The highest BCUT2D eigenvalue weighted by atomic mass is 32.3. The zero-order chi connectivity index (χ0) is 14.0. The predicted octanol–water partition coefficient (Wildman–Crippen LogP) is 1.54. The average molecular weight is 282 g/mol. The van der Waals surface area contributed by atoms with Crippen molar-refractivity contribution in [1.82, 2.24) is 0 Å². The summed E-state index contributed by atoms with van der Waals surface area (Å²) in [4.78, 5) is 21.0. The highest BCUT2D eigenvalue weighted by Gasteiger charge is 2.12. The van der Waals surface area contributed by atoms with Gasteiger partial charge in [-0.1, -0.05) is 25.7 Å². The molecular formula is C10H18O7S. The molecule has 0 amide bonds. The van der Waals surface area contributed by atoms with E-state index in [2.05, 4.69) is 4.18 Å². The number of rotatable bonds is 10. The van der Waals surface area contributed by atoms with E-state index in [-0.39, 0.29) is 12.8 Å². The molecule has 0 atom stereocenters. The first-order valence-electron chi connectivity index (χ1n) is 5.73. The number of unbranched alkanes of at least 4 members (excludes halogenated alkanes) is 5. The third kappa shape index (κ3) is 12.9. The van der Waals surface area contributed by atoms with Crippen LogP contribution in [0.1, 0.15) is 51.4 Å². The average Bonchev–Trinajstić information content (AvgIpc) is 2.18. The molecule has 0 heterocycles. The quantitative estimate of drug-likeness (QED) is 0.460. The fourth-order valence-corrected chi connectivity index (χ4v) is 1.73. The molecule has 0 aromatic heterocycles. The Kier molecular flexibility index (Phi) is 8.30. The summed E-state index contributed by atoms with van der Waals surface area (Å²) in [5.74, 6) is -1.77. The van der Waals surface area contributed by atoms with E-state index < -0.39 is 22.3 Å². The molecule has 0 rings (SSSR count). The summed E-state index contributed by atoms with van der Waals surface area (Å²) in [7, 11) is -4.69. The van der Waals surface area contributed by atoms with Gasteiger partial charge in [-0.25, -0.2) is 0 Å². The van der Waals surface area contributed by atoms with Crippen molar-refractivity contribution in [3.05, 3.63) is 0 Å². The molecule has 0 aliphatic heterocycles. The second-order valence-corrected chi connectivity index (χ2v) is 4.92. The van der Waals surface area contributed by atoms with Gasteiger partial charge in [0, 0.05) is 12.8 Å². The fraction of sp³-hybridized carbons (Fsp3) is 0.800. The van der Waals surface area contributed by atoms with Crippen LogP contribution in [0.4, 0.5) is 0 Å². The van der Waals surface area contributed by atoms with Crippen molar-refractivity contribution in [2.75, 3.05) is 0 Å². The van der Waals surface area contributed by atoms with Gasteiger partial charge in [0.05, 0.1) is 0 Å². The molecule has 7 nitrogen and oxygen atoms in total. The zero-order valence-electron chi connectivity index (χ0n) is 10.0. The van der Waals surface area contributed by atoms with Gasteiger partial charge in [-0.2, -0.15) is 8.42 Å². The molecule has 0 bridgehead atoms. The summed E-state index contributed by atoms with van der Waals surface area (Å²) in [6.45, 7) is 0. The summed E-state index contributed by atoms with van der Waals surface area (Å²) in [5, 5.41) is 8.39. The van der Waals surface area contributed by atoms with Gasteiger partial charge in [-0.3, -0.25) is 14.1 Å². The smallest absolute Gasteiger partial charge is 0.448 e. The summed E-state index contributed by atoms with van der Waals surface area (Å²) in [6.07, 6.45) is 4.50. The number of hydrogen-bond acceptors (Lipinski definition) is 5. The SMILES string of the molecule is O=C(O)CCCCCCCCC(=O)OS(=O)(=O)O. The van der Waals surface area contributed by atoms with Gasteiger partial charge >= 0.3 is 22.3 Å². The summed E-state index contributed by atoms with van der Waals surface area (Å²) < 4.78 is 32.3. The molecule has 0 spiro atoms. The molecule has 18 heavy (non-hydrogen) atoms. The minimum Gasteiger partial charge on any atom is -0.481 e. The molecule has 0 radical (unpaired) electrons. The molecule has 0 fully saturated rings. The van der Waals surface area contributed by atoms with Crippen molar-refractivity contribution < 1.29 is 31.8 Å². The van der Waals surface area contributed by atoms with Gasteiger partial charge in [-0.05, 0) is 12.8 Å². The van der Waals surface area contributed by atoms with Crippen LogP contribution in [-0.4, -0.2) is 30.0 Å². The van der Waals surface area contributed by atoms with Gasteiger partial charge in [0.15, 0.2) is 0 Å². The van der Waals surface area contributed by atoms with Crippen molar-refractivity contribution in [3.8, 4) is 0 Å². The number of hydrogen-bond donors (Lipinski definition) is 2. The first-order chi connectivity index (χ1) is 8.31. The number of carboxylic acids is 1. The Bertz CT molecular complexity index is 360. The van der Waals surface area contributed by atoms with Crippen molar-refractivity contribution in [2.24, 2.45) is 0 Å². The van der Waals surface area contributed by atoms with Crippen LogP contribution in [0.5, 0.6) is 0 Å². The maximum atomic E-state index is 10.8. The van der Waals surface area contributed by atoms with E-state index in [9.17, 15) is 18.0 Å². The second kappa shape index (κ2) is 8.87. The van der Waals surface area contributed by atoms with E-state index in [4.69, 9.17) is 9.66 Å². The van der Waals surface area contributed by atoms with Crippen LogP contribution < -0.4 is 0 Å². The molecule has 0 saturated heterocycles. The van der Waals surface area contributed by atoms with Gasteiger partial charge in [0.25, 0.3) is 0 Å². The van der Waals surface area contributed by atoms with E-state index in [1.807, 2.05) is 0 Å². The van der Waals surface area contributed by atoms with Crippen molar-refractivity contribution in [2.45, 2.75) is 51.4 Å². The van der Waals surface area contributed by atoms with E-state index in [0.29, 0.717) is 12.8 Å². The number of carbonyl (C=O) groups is 2. The normalized spacial score (nSPS) is 11.2. The predicted molar refractivity (Wildman–Crippen MR) is 62.2 cm³/mol. The molecule has 0 aromatic carbocycles. The maximum absolute atomic E-state index is 10.8. The Morgan fingerprint density at radius 3 is 1.78 bits per heavy atom. The molecule has 0 aliphatic carbocycles. The number of aliphatic carboxylic acids is 1. The topological polar surface area (TPSA) is 118 Å². The Morgan fingerprint density at radius 2 is 1.33 bits per heavy atom. The minimum atomic E-state index is -4.69. The summed E-state index contributed by atoms with van der Waals surface area (Å²) in [5.41, 5.74) is 0. The summed E-state index contributed by atoms with van der Waals surface area (Å²) >= 11 is 0. The maximum Gasteiger partial charge on any atom is 0.448 e. The van der Waals surface area contributed by atoms with Gasteiger partial charge in [-0.15, -0.1) is 0 Å². The standard InChI is InChI=1S/C10H18O7S/c11-9(12)7-5-3-1-2-4-6-8-10(13)17-18(14,15)16/h1-8H2,(H,11,12)(H,14,15,16). The monoisotopic (exact) mass is 282 g/mol. The Hall–Kier alpha value is -1.15. The lowest BCUT2D eigenvalue weighted by atomic mass is 10.1. The van der Waals surface area contributed by atoms with Crippen molar-refractivity contribution in [1.29, 1.82) is 0 Å². The van der Waals surface area contributed by atoms with E-state index in [0.717, 1.165) is 25.7 Å². The molecule has 106 valence electrons. The third-order valence-corrected chi connectivity index (χ3v) is 2.62. The number of carbonyl (C=O) groups excluding carboxylic acids is 1. The van der Waals surface area contributed by atoms with Crippen molar-refractivity contribution >= 4 is 22.3 Å². The minimum absolute atomic E-state index is 0.0606. The van der Waals surface area contributed by atoms with Crippen LogP contribution in [0.2, 0.25) is 0 Å². The highest BCUT2D eigenvalue weighted by Crippen LogP contribution is 2.09. The third-order valence-electron chi connectivity index (χ3n) is 2.22. The van der Waals surface area contributed by atoms with E-state index >= 15 is 0 Å². The second-order valence-electron chi connectivity index (χ2n) is 3.90. The van der Waals surface area contributed by atoms with Crippen LogP contribution in [0.15, 0.2) is 0 Å². The van der Waals surface area contributed by atoms with Gasteiger partial charge in [0.1, 0.15) is 0 Å². The van der Waals surface area contributed by atoms with Crippen molar-refractivity contribution in [3.63, 3.8) is 0 Å². The van der Waals surface area contributed by atoms with Gasteiger partial charge in [0.2, 0.25) is 0 Å². The van der Waals surface area contributed by atoms with Crippen LogP contribution in [-0.2, 0) is 24.2 Å². The summed E-state index contributed by atoms with van der Waals surface area (Å²) in [6, 6.07) is 0. The fourth-order valence-electron chi connectivity index (χ4n) is 1.41. The van der Waals surface area contributed by atoms with Crippen LogP contribution in [0.3, 0.4) is 0 Å². The molecule has 2 N–H and O–H groups in total.